The number of pyridine rings is 1. The zero-order valence-electron chi connectivity index (χ0n) is 9.30. The molecule has 0 aliphatic heterocycles. The molecule has 1 heterocycles. The van der Waals surface area contributed by atoms with Crippen molar-refractivity contribution in [2.75, 3.05) is 0 Å². The Hall–Kier alpha value is -1.83. The smallest absolute Gasteiger partial charge is 0.268 e. The highest BCUT2D eigenvalue weighted by atomic mass is 32.2. The molecule has 1 aromatic heterocycles. The zero-order chi connectivity index (χ0) is 13.8. The summed E-state index contributed by atoms with van der Waals surface area (Å²) in [6, 6.07) is 2.64. The van der Waals surface area contributed by atoms with Crippen LogP contribution in [0.25, 0.3) is 0 Å². The van der Waals surface area contributed by atoms with E-state index in [1.165, 1.54) is 30.0 Å². The fraction of sp³-hybridized carbons (Fsp3) is 0.200. The molecule has 0 saturated heterocycles. The predicted octanol–water partition coefficient (Wildman–Crippen LogP) is 1.31. The van der Waals surface area contributed by atoms with Gasteiger partial charge in [-0.1, -0.05) is 6.08 Å². The van der Waals surface area contributed by atoms with Gasteiger partial charge in [-0.3, -0.25) is 9.78 Å². The number of nitrogens with one attached hydrogen (secondary N) is 1. The lowest BCUT2D eigenvalue weighted by molar-refractivity contribution is 0.0965. The van der Waals surface area contributed by atoms with E-state index in [1.54, 1.807) is 0 Å². The van der Waals surface area contributed by atoms with Crippen molar-refractivity contribution in [3.05, 3.63) is 42.2 Å². The minimum Gasteiger partial charge on any atom is -0.268 e. The summed E-state index contributed by atoms with van der Waals surface area (Å²) in [4.78, 5) is 15.0. The van der Waals surface area contributed by atoms with Gasteiger partial charge >= 0.3 is 15.3 Å². The van der Waals surface area contributed by atoms with Gasteiger partial charge in [0, 0.05) is 12.4 Å². The average Bonchev–Trinajstić information content (AvgIpc) is 2.29. The molecule has 5 nitrogen and oxygen atoms in total. The van der Waals surface area contributed by atoms with E-state index in [-0.39, 0.29) is 11.6 Å². The Bertz CT molecular complexity index is 556. The largest absolute Gasteiger partial charge is 0.382 e. The quantitative estimate of drug-likeness (QED) is 0.841. The zero-order valence-corrected chi connectivity index (χ0v) is 10.1. The van der Waals surface area contributed by atoms with E-state index in [0.717, 1.165) is 12.3 Å². The Morgan fingerprint density at radius 1 is 1.50 bits per heavy atom. The van der Waals surface area contributed by atoms with Crippen LogP contribution in [0.1, 0.15) is 17.3 Å². The lowest BCUT2D eigenvalue weighted by Crippen LogP contribution is -2.41. The van der Waals surface area contributed by atoms with Crippen molar-refractivity contribution in [3.63, 3.8) is 0 Å². The molecule has 0 radical (unpaired) electrons. The third kappa shape index (κ3) is 3.10. The summed E-state index contributed by atoms with van der Waals surface area (Å²) in [6.07, 6.45) is 3.50. The number of hydrogen-bond acceptors (Lipinski definition) is 4. The average molecular weight is 276 g/mol. The first-order chi connectivity index (χ1) is 8.30. The van der Waals surface area contributed by atoms with Gasteiger partial charge in [-0.25, -0.2) is 4.72 Å². The fourth-order valence-corrected chi connectivity index (χ4v) is 1.84. The number of aromatic nitrogens is 1. The van der Waals surface area contributed by atoms with Crippen molar-refractivity contribution < 1.29 is 22.0 Å². The van der Waals surface area contributed by atoms with Crippen LogP contribution in [-0.2, 0) is 10.0 Å². The third-order valence-electron chi connectivity index (χ3n) is 1.87. The summed E-state index contributed by atoms with van der Waals surface area (Å²) in [5, 5.41) is -4.15. The lowest BCUT2D eigenvalue weighted by atomic mass is 10.3. The summed E-state index contributed by atoms with van der Waals surface area (Å²) in [6.45, 7) is 1.24. The minimum absolute atomic E-state index is 0.127. The van der Waals surface area contributed by atoms with Crippen LogP contribution in [-0.4, -0.2) is 24.6 Å². The molecule has 0 spiro atoms. The summed E-state index contributed by atoms with van der Waals surface area (Å²) in [5.41, 5.74) is -0.127. The number of carbonyl (C=O) groups excluding carboxylic acids is 1. The molecule has 1 aromatic rings. The Morgan fingerprint density at radius 2 is 2.17 bits per heavy atom. The third-order valence-corrected chi connectivity index (χ3v) is 3.18. The lowest BCUT2D eigenvalue weighted by Gasteiger charge is -2.13. The molecule has 1 rings (SSSR count). The van der Waals surface area contributed by atoms with E-state index in [0.29, 0.717) is 0 Å². The number of allylic oxidation sites excluding steroid dienone is 1. The van der Waals surface area contributed by atoms with Crippen LogP contribution in [0, 0.1) is 0 Å². The predicted molar refractivity (Wildman–Crippen MR) is 60.4 cm³/mol. The standard InChI is InChI=1S/C10H10F2N2O3S/c1-2-5-10(11,12)18(16,17)14-9(15)8-4-3-6-13-7-8/h2-7H,1H3,(H,14,15)/b5-2+. The summed E-state index contributed by atoms with van der Waals surface area (Å²) >= 11 is 0. The van der Waals surface area contributed by atoms with Crippen molar-refractivity contribution in [2.45, 2.75) is 12.2 Å². The summed E-state index contributed by atoms with van der Waals surface area (Å²) in [5.74, 6) is -1.16. The van der Waals surface area contributed by atoms with Crippen LogP contribution in [0.15, 0.2) is 36.7 Å². The molecule has 0 aliphatic carbocycles. The molecule has 1 amide bonds. The number of nitrogens with zero attached hydrogens (tertiary/aromatic N) is 1. The van der Waals surface area contributed by atoms with Gasteiger partial charge in [-0.15, -0.1) is 0 Å². The number of carbonyl (C=O) groups is 1. The number of alkyl halides is 2. The number of halogens is 2. The molecule has 1 N–H and O–H groups in total. The van der Waals surface area contributed by atoms with Gasteiger partial charge in [0.2, 0.25) is 0 Å². The second-order valence-electron chi connectivity index (χ2n) is 3.24. The molecule has 0 aromatic carbocycles. The van der Waals surface area contributed by atoms with Crippen molar-refractivity contribution >= 4 is 15.9 Å². The fourth-order valence-electron chi connectivity index (χ4n) is 1.03. The first kappa shape index (κ1) is 14.2. The van der Waals surface area contributed by atoms with E-state index >= 15 is 0 Å². The van der Waals surface area contributed by atoms with Crippen LogP contribution in [0.4, 0.5) is 8.78 Å². The Labute approximate surface area is 103 Å². The first-order valence-electron chi connectivity index (χ1n) is 4.78. The molecule has 0 unspecified atom stereocenters. The number of rotatable bonds is 4. The van der Waals surface area contributed by atoms with Gasteiger partial charge in [-0.05, 0) is 25.1 Å². The SMILES string of the molecule is C/C=C/C(F)(F)S(=O)(=O)NC(=O)c1cccnc1. The van der Waals surface area contributed by atoms with Gasteiger partial charge in [0.05, 0.1) is 5.56 Å². The van der Waals surface area contributed by atoms with Crippen LogP contribution < -0.4 is 4.72 Å². The van der Waals surface area contributed by atoms with Gasteiger partial charge in [0.25, 0.3) is 5.91 Å². The maximum atomic E-state index is 13.2. The van der Waals surface area contributed by atoms with E-state index in [2.05, 4.69) is 4.98 Å². The summed E-state index contributed by atoms with van der Waals surface area (Å²) < 4.78 is 50.2. The molecule has 98 valence electrons. The molecule has 0 fully saturated rings. The number of sulfonamides is 1. The van der Waals surface area contributed by atoms with Crippen LogP contribution in [0.5, 0.6) is 0 Å². The Kier molecular flexibility index (Phi) is 4.12. The minimum atomic E-state index is -5.12. The molecular weight excluding hydrogens is 266 g/mol. The second kappa shape index (κ2) is 5.21. The highest BCUT2D eigenvalue weighted by molar-refractivity contribution is 7.91. The maximum Gasteiger partial charge on any atom is 0.382 e. The molecule has 8 heteroatoms. The van der Waals surface area contributed by atoms with Gasteiger partial charge in [-0.2, -0.15) is 17.2 Å². The van der Waals surface area contributed by atoms with Crippen molar-refractivity contribution in [3.8, 4) is 0 Å². The highest BCUT2D eigenvalue weighted by Gasteiger charge is 2.43. The molecule has 0 saturated carbocycles. The molecule has 0 aliphatic rings. The maximum absolute atomic E-state index is 13.2. The van der Waals surface area contributed by atoms with Crippen molar-refractivity contribution in [1.82, 2.24) is 9.71 Å². The normalized spacial score (nSPS) is 12.6. The first-order valence-corrected chi connectivity index (χ1v) is 6.27. The molecule has 18 heavy (non-hydrogen) atoms. The molecule has 0 bridgehead atoms. The Balaban J connectivity index is 2.95. The monoisotopic (exact) mass is 276 g/mol. The molecular formula is C10H10F2N2O3S. The topological polar surface area (TPSA) is 76.1 Å². The van der Waals surface area contributed by atoms with E-state index in [1.807, 2.05) is 0 Å². The second-order valence-corrected chi connectivity index (χ2v) is 4.99. The van der Waals surface area contributed by atoms with E-state index < -0.39 is 21.2 Å². The number of hydrogen-bond donors (Lipinski definition) is 1. The van der Waals surface area contributed by atoms with Crippen LogP contribution in [0.2, 0.25) is 0 Å². The number of amides is 1. The van der Waals surface area contributed by atoms with E-state index in [9.17, 15) is 22.0 Å². The van der Waals surface area contributed by atoms with Crippen LogP contribution in [0.3, 0.4) is 0 Å². The Morgan fingerprint density at radius 3 is 2.67 bits per heavy atom. The summed E-state index contributed by atoms with van der Waals surface area (Å²) in [7, 11) is -5.12. The highest BCUT2D eigenvalue weighted by Crippen LogP contribution is 2.22. The van der Waals surface area contributed by atoms with Crippen LogP contribution >= 0.6 is 0 Å². The molecule has 0 atom stereocenters. The van der Waals surface area contributed by atoms with Gasteiger partial charge in [0.1, 0.15) is 0 Å². The van der Waals surface area contributed by atoms with E-state index in [4.69, 9.17) is 0 Å². The van der Waals surface area contributed by atoms with Gasteiger partial charge in [0.15, 0.2) is 0 Å². The van der Waals surface area contributed by atoms with Crippen molar-refractivity contribution in [1.29, 1.82) is 0 Å². The van der Waals surface area contributed by atoms with Crippen molar-refractivity contribution in [2.24, 2.45) is 0 Å². The van der Waals surface area contributed by atoms with Gasteiger partial charge < -0.3 is 0 Å².